The van der Waals surface area contributed by atoms with E-state index in [9.17, 15) is 4.79 Å². The number of anilines is 2. The van der Waals surface area contributed by atoms with Gasteiger partial charge in [0.2, 0.25) is 5.95 Å². The summed E-state index contributed by atoms with van der Waals surface area (Å²) in [5.74, 6) is 1.16. The first-order valence-electron chi connectivity index (χ1n) is 12.4. The van der Waals surface area contributed by atoms with Crippen molar-refractivity contribution in [3.05, 3.63) is 42.4 Å². The first kappa shape index (κ1) is 21.7. The summed E-state index contributed by atoms with van der Waals surface area (Å²) in [5.41, 5.74) is 4.79. The summed E-state index contributed by atoms with van der Waals surface area (Å²) in [6.45, 7) is 4.14. The molecule has 1 aliphatic heterocycles. The number of nitrogens with zero attached hydrogens (tertiary/aromatic N) is 5. The average molecular weight is 472 g/mol. The number of nitrogens with one attached hydrogen (secondary N) is 4. The SMILES string of the molecule is CCc1cc(-c2ccc3c(NC(=O)NC4CC4)ncnn23)cc2cnc(N[C@H]3CCCNC3)nc12. The van der Waals surface area contributed by atoms with Gasteiger partial charge >= 0.3 is 6.03 Å². The largest absolute Gasteiger partial charge is 0.350 e. The predicted molar refractivity (Wildman–Crippen MR) is 136 cm³/mol. The quantitative estimate of drug-likeness (QED) is 0.340. The summed E-state index contributed by atoms with van der Waals surface area (Å²) in [6.07, 6.45) is 8.54. The minimum absolute atomic E-state index is 0.236. The molecule has 3 aromatic heterocycles. The highest BCUT2D eigenvalue weighted by Crippen LogP contribution is 2.30. The highest BCUT2D eigenvalue weighted by atomic mass is 16.2. The lowest BCUT2D eigenvalue weighted by Crippen LogP contribution is -2.38. The van der Waals surface area contributed by atoms with Gasteiger partial charge in [0.25, 0.3) is 0 Å². The van der Waals surface area contributed by atoms with Gasteiger partial charge in [-0.2, -0.15) is 5.10 Å². The molecule has 2 amide bonds. The van der Waals surface area contributed by atoms with Crippen molar-refractivity contribution < 1.29 is 4.79 Å². The van der Waals surface area contributed by atoms with E-state index in [-0.39, 0.29) is 12.1 Å². The molecule has 180 valence electrons. The van der Waals surface area contributed by atoms with E-state index in [1.807, 2.05) is 22.8 Å². The Hall–Kier alpha value is -3.79. The average Bonchev–Trinajstić information content (AvgIpc) is 3.58. The third-order valence-corrected chi connectivity index (χ3v) is 6.67. The maximum atomic E-state index is 12.3. The fourth-order valence-corrected chi connectivity index (χ4v) is 4.67. The van der Waals surface area contributed by atoms with Crippen molar-refractivity contribution in [1.82, 2.24) is 35.2 Å². The van der Waals surface area contributed by atoms with Gasteiger partial charge in [-0.25, -0.2) is 24.3 Å². The Kier molecular flexibility index (Phi) is 5.65. The van der Waals surface area contributed by atoms with Gasteiger partial charge in [0.1, 0.15) is 11.8 Å². The Labute approximate surface area is 202 Å². The van der Waals surface area contributed by atoms with Crippen LogP contribution in [0.1, 0.15) is 38.2 Å². The van der Waals surface area contributed by atoms with Gasteiger partial charge in [0, 0.05) is 35.8 Å². The van der Waals surface area contributed by atoms with E-state index in [4.69, 9.17) is 4.98 Å². The van der Waals surface area contributed by atoms with E-state index in [1.54, 1.807) is 0 Å². The van der Waals surface area contributed by atoms with E-state index in [0.717, 1.165) is 78.4 Å². The molecular weight excluding hydrogens is 442 g/mol. The number of benzene rings is 1. The monoisotopic (exact) mass is 471 g/mol. The lowest BCUT2D eigenvalue weighted by atomic mass is 10.0. The van der Waals surface area contributed by atoms with Crippen molar-refractivity contribution >= 4 is 34.2 Å². The Bertz CT molecular complexity index is 1390. The summed E-state index contributed by atoms with van der Waals surface area (Å²) >= 11 is 0. The number of fused-ring (bicyclic) bond motifs is 2. The van der Waals surface area contributed by atoms with E-state index in [2.05, 4.69) is 55.4 Å². The van der Waals surface area contributed by atoms with Gasteiger partial charge in [-0.15, -0.1) is 0 Å². The normalized spacial score (nSPS) is 18.0. The minimum atomic E-state index is -0.236. The molecule has 0 radical (unpaired) electrons. The molecule has 1 aliphatic carbocycles. The summed E-state index contributed by atoms with van der Waals surface area (Å²) in [7, 11) is 0. The van der Waals surface area contributed by atoms with E-state index in [1.165, 1.54) is 6.33 Å². The molecule has 4 N–H and O–H groups in total. The highest BCUT2D eigenvalue weighted by molar-refractivity contribution is 5.93. The number of hydrogen-bond acceptors (Lipinski definition) is 7. The van der Waals surface area contributed by atoms with Crippen LogP contribution in [0.15, 0.2) is 36.8 Å². The minimum Gasteiger partial charge on any atom is -0.350 e. The standard InChI is InChI=1S/C25H29N9O/c1-2-15-10-16(11-17-12-27-24(32-22(15)17)30-19-4-3-9-26-13-19)20-7-8-21-23(28-14-29-34(20)21)33-25(35)31-18-5-6-18/h7-8,10-12,14,18-19,26H,2-6,9,13H2,1H3,(H,27,30,32)(H2,28,29,31,33,35)/t19-/m0/s1. The third kappa shape index (κ3) is 4.49. The van der Waals surface area contributed by atoms with Crippen molar-refractivity contribution in [3.63, 3.8) is 0 Å². The first-order valence-corrected chi connectivity index (χ1v) is 12.4. The Morgan fingerprint density at radius 2 is 2.09 bits per heavy atom. The van der Waals surface area contributed by atoms with Crippen LogP contribution in [0.25, 0.3) is 27.7 Å². The second kappa shape index (κ2) is 9.10. The number of carbonyl (C=O) groups excluding carboxylic acids is 1. The summed E-state index contributed by atoms with van der Waals surface area (Å²) in [4.78, 5) is 26.0. The predicted octanol–water partition coefficient (Wildman–Crippen LogP) is 3.35. The topological polar surface area (TPSA) is 121 Å². The summed E-state index contributed by atoms with van der Waals surface area (Å²) < 4.78 is 1.81. The van der Waals surface area contributed by atoms with Crippen molar-refractivity contribution in [1.29, 1.82) is 0 Å². The van der Waals surface area contributed by atoms with Gasteiger partial charge in [0.05, 0.1) is 11.2 Å². The van der Waals surface area contributed by atoms with Crippen LogP contribution in [0.4, 0.5) is 16.6 Å². The Morgan fingerprint density at radius 1 is 1.17 bits per heavy atom. The molecule has 1 saturated heterocycles. The number of aromatic nitrogens is 5. The van der Waals surface area contributed by atoms with Crippen molar-refractivity contribution in [2.75, 3.05) is 23.7 Å². The molecule has 0 unspecified atom stereocenters. The van der Waals surface area contributed by atoms with Crippen LogP contribution >= 0.6 is 0 Å². The van der Waals surface area contributed by atoms with Gasteiger partial charge in [-0.1, -0.05) is 6.92 Å². The van der Waals surface area contributed by atoms with Crippen LogP contribution in [0, 0.1) is 0 Å². The molecule has 1 saturated carbocycles. The molecule has 4 heterocycles. The van der Waals surface area contributed by atoms with Crippen molar-refractivity contribution in [3.8, 4) is 11.3 Å². The van der Waals surface area contributed by atoms with Crippen LogP contribution < -0.4 is 21.3 Å². The highest BCUT2D eigenvalue weighted by Gasteiger charge is 2.24. The molecule has 0 bridgehead atoms. The van der Waals surface area contributed by atoms with Gasteiger partial charge in [-0.3, -0.25) is 5.32 Å². The fourth-order valence-electron chi connectivity index (χ4n) is 4.67. The lowest BCUT2D eigenvalue weighted by Gasteiger charge is -2.23. The first-order chi connectivity index (χ1) is 17.2. The molecule has 35 heavy (non-hydrogen) atoms. The Morgan fingerprint density at radius 3 is 2.89 bits per heavy atom. The van der Waals surface area contributed by atoms with Crippen LogP contribution in [0.3, 0.4) is 0 Å². The van der Waals surface area contributed by atoms with Gasteiger partial charge in [-0.05, 0) is 68.5 Å². The fraction of sp³-hybridized carbons (Fsp3) is 0.400. The molecule has 1 atom stereocenters. The molecule has 0 spiro atoms. The zero-order valence-electron chi connectivity index (χ0n) is 19.7. The molecule has 6 rings (SSSR count). The van der Waals surface area contributed by atoms with Crippen LogP contribution in [0.2, 0.25) is 0 Å². The molecule has 2 fully saturated rings. The number of aryl methyl sites for hydroxylation is 1. The molecule has 2 aliphatic rings. The number of rotatable bonds is 6. The number of hydrogen-bond donors (Lipinski definition) is 4. The lowest BCUT2D eigenvalue weighted by molar-refractivity contribution is 0.251. The second-order valence-electron chi connectivity index (χ2n) is 9.30. The molecule has 4 aromatic rings. The third-order valence-electron chi connectivity index (χ3n) is 6.67. The molecule has 10 nitrogen and oxygen atoms in total. The summed E-state index contributed by atoms with van der Waals surface area (Å²) in [6, 6.07) is 8.58. The maximum absolute atomic E-state index is 12.3. The van der Waals surface area contributed by atoms with Gasteiger partial charge < -0.3 is 16.0 Å². The van der Waals surface area contributed by atoms with Crippen LogP contribution in [0.5, 0.6) is 0 Å². The van der Waals surface area contributed by atoms with Gasteiger partial charge in [0.15, 0.2) is 5.82 Å². The van der Waals surface area contributed by atoms with E-state index < -0.39 is 0 Å². The number of piperidine rings is 1. The summed E-state index contributed by atoms with van der Waals surface area (Å²) in [5, 5.41) is 18.1. The molecule has 10 heteroatoms. The zero-order chi connectivity index (χ0) is 23.8. The Balaban J connectivity index is 1.32. The second-order valence-corrected chi connectivity index (χ2v) is 9.30. The number of urea groups is 1. The molecular formula is C25H29N9O. The number of carbonyl (C=O) groups is 1. The number of amides is 2. The van der Waals surface area contributed by atoms with E-state index >= 15 is 0 Å². The van der Waals surface area contributed by atoms with E-state index in [0.29, 0.717) is 17.8 Å². The van der Waals surface area contributed by atoms with Crippen LogP contribution in [-0.2, 0) is 6.42 Å². The van der Waals surface area contributed by atoms with Crippen molar-refractivity contribution in [2.45, 2.75) is 51.1 Å². The molecule has 1 aromatic carbocycles. The van der Waals surface area contributed by atoms with Crippen molar-refractivity contribution in [2.24, 2.45) is 0 Å². The zero-order valence-corrected chi connectivity index (χ0v) is 19.7. The maximum Gasteiger partial charge on any atom is 0.320 e. The van der Waals surface area contributed by atoms with Crippen LogP contribution in [-0.4, -0.2) is 55.8 Å². The smallest absolute Gasteiger partial charge is 0.320 e.